The van der Waals surface area contributed by atoms with Gasteiger partial charge < -0.3 is 4.90 Å². The van der Waals surface area contributed by atoms with Crippen molar-refractivity contribution in [2.75, 3.05) is 11.4 Å². The Morgan fingerprint density at radius 3 is 2.43 bits per heavy atom. The zero-order valence-electron chi connectivity index (χ0n) is 11.3. The minimum Gasteiger partial charge on any atom is -0.310 e. The lowest BCUT2D eigenvalue weighted by Gasteiger charge is -2.18. The summed E-state index contributed by atoms with van der Waals surface area (Å²) in [6.45, 7) is 0.439. The Labute approximate surface area is 124 Å². The highest BCUT2D eigenvalue weighted by Gasteiger charge is 2.26. The van der Waals surface area contributed by atoms with Gasteiger partial charge in [-0.3, -0.25) is 4.79 Å². The first-order valence-electron chi connectivity index (χ1n) is 6.73. The summed E-state index contributed by atoms with van der Waals surface area (Å²) >= 11 is 0. The molecular formula is C16H14F2NOP. The largest absolute Gasteiger partial charge is 0.310 e. The number of anilines is 1. The summed E-state index contributed by atoms with van der Waals surface area (Å²) < 4.78 is 28.7. The third-order valence-corrected chi connectivity index (χ3v) is 4.18. The molecule has 0 spiro atoms. The maximum atomic E-state index is 14.4. The van der Waals surface area contributed by atoms with Gasteiger partial charge in [0.15, 0.2) is 11.6 Å². The van der Waals surface area contributed by atoms with Crippen molar-refractivity contribution in [3.8, 4) is 11.1 Å². The first kappa shape index (κ1) is 14.2. The molecule has 1 unspecified atom stereocenters. The van der Waals surface area contributed by atoms with Gasteiger partial charge in [0, 0.05) is 18.5 Å². The summed E-state index contributed by atoms with van der Waals surface area (Å²) in [6, 6.07) is 10.2. The Morgan fingerprint density at radius 1 is 1.00 bits per heavy atom. The van der Waals surface area contributed by atoms with Gasteiger partial charge in [-0.1, -0.05) is 24.3 Å². The molecule has 21 heavy (non-hydrogen) atoms. The summed E-state index contributed by atoms with van der Waals surface area (Å²) in [5, 5.41) is 0.792. The van der Waals surface area contributed by atoms with Crippen molar-refractivity contribution in [2.45, 2.75) is 12.8 Å². The number of nitrogens with zero attached hydrogens (tertiary/aromatic N) is 1. The highest BCUT2D eigenvalue weighted by atomic mass is 31.0. The van der Waals surface area contributed by atoms with Gasteiger partial charge in [0.25, 0.3) is 0 Å². The van der Waals surface area contributed by atoms with Gasteiger partial charge in [0.1, 0.15) is 0 Å². The second-order valence-corrected chi connectivity index (χ2v) is 5.62. The molecule has 0 N–H and O–H groups in total. The van der Waals surface area contributed by atoms with Crippen molar-refractivity contribution in [3.05, 3.63) is 48.0 Å². The average Bonchev–Trinajstić information content (AvgIpc) is 2.89. The Balaban J connectivity index is 2.09. The maximum Gasteiger partial charge on any atom is 0.227 e. The zero-order chi connectivity index (χ0) is 15.0. The van der Waals surface area contributed by atoms with Gasteiger partial charge in [-0.15, -0.1) is 9.24 Å². The maximum absolute atomic E-state index is 14.4. The van der Waals surface area contributed by atoms with E-state index in [1.54, 1.807) is 12.1 Å². The smallest absolute Gasteiger partial charge is 0.227 e. The summed E-state index contributed by atoms with van der Waals surface area (Å²) in [6.07, 6.45) is 1.06. The normalized spacial score (nSPS) is 14.8. The Bertz CT molecular complexity index is 717. The highest BCUT2D eigenvalue weighted by molar-refractivity contribution is 7.28. The fourth-order valence-corrected chi connectivity index (χ4v) is 2.96. The molecule has 1 amide bonds. The molecule has 0 radical (unpaired) electrons. The average molecular weight is 305 g/mol. The Morgan fingerprint density at radius 2 is 1.76 bits per heavy atom. The zero-order valence-corrected chi connectivity index (χ0v) is 12.4. The van der Waals surface area contributed by atoms with Crippen LogP contribution in [-0.4, -0.2) is 12.5 Å². The lowest BCUT2D eigenvalue weighted by atomic mass is 10.0. The Kier molecular flexibility index (Phi) is 3.73. The number of rotatable bonds is 2. The van der Waals surface area contributed by atoms with E-state index in [4.69, 9.17) is 0 Å². The molecule has 1 atom stereocenters. The number of hydrogen-bond acceptors (Lipinski definition) is 1. The number of hydrogen-bond donors (Lipinski definition) is 0. The molecular weight excluding hydrogens is 291 g/mol. The van der Waals surface area contributed by atoms with Gasteiger partial charge in [-0.2, -0.15) is 0 Å². The van der Waals surface area contributed by atoms with Crippen LogP contribution in [0, 0.1) is 11.6 Å². The van der Waals surface area contributed by atoms with E-state index in [1.165, 1.54) is 17.0 Å². The SMILES string of the molecule is O=C1CCCN1c1ccc(-c2ccccc2P)c(F)c1F. The lowest BCUT2D eigenvalue weighted by molar-refractivity contribution is -0.117. The second kappa shape index (κ2) is 5.53. The van der Waals surface area contributed by atoms with Crippen LogP contribution < -0.4 is 10.2 Å². The van der Waals surface area contributed by atoms with Gasteiger partial charge in [-0.25, -0.2) is 8.78 Å². The fourth-order valence-electron chi connectivity index (χ4n) is 2.60. The minimum atomic E-state index is -0.962. The number of carbonyl (C=O) groups is 1. The van der Waals surface area contributed by atoms with Gasteiger partial charge in [-0.05, 0) is 29.4 Å². The quantitative estimate of drug-likeness (QED) is 0.780. The van der Waals surface area contributed by atoms with Crippen LogP contribution in [0.25, 0.3) is 11.1 Å². The third-order valence-electron chi connectivity index (χ3n) is 3.68. The van der Waals surface area contributed by atoms with E-state index < -0.39 is 11.6 Å². The van der Waals surface area contributed by atoms with Gasteiger partial charge in [0.2, 0.25) is 5.91 Å². The van der Waals surface area contributed by atoms with E-state index in [1.807, 2.05) is 12.1 Å². The number of benzene rings is 2. The number of carbonyl (C=O) groups excluding carboxylic acids is 1. The topological polar surface area (TPSA) is 20.3 Å². The lowest BCUT2D eigenvalue weighted by Crippen LogP contribution is -2.25. The predicted octanol–water partition coefficient (Wildman–Crippen LogP) is 3.26. The molecule has 2 aromatic carbocycles. The van der Waals surface area contributed by atoms with Crippen molar-refractivity contribution in [1.29, 1.82) is 0 Å². The van der Waals surface area contributed by atoms with Crippen LogP contribution in [0.15, 0.2) is 36.4 Å². The van der Waals surface area contributed by atoms with Crippen LogP contribution in [0.2, 0.25) is 0 Å². The van der Waals surface area contributed by atoms with Crippen LogP contribution in [0.1, 0.15) is 12.8 Å². The molecule has 1 heterocycles. The van der Waals surface area contributed by atoms with Crippen LogP contribution in [-0.2, 0) is 4.79 Å². The predicted molar refractivity (Wildman–Crippen MR) is 82.7 cm³/mol. The summed E-state index contributed by atoms with van der Waals surface area (Å²) in [5.41, 5.74) is 0.853. The molecule has 1 aliphatic rings. The monoisotopic (exact) mass is 305 g/mol. The van der Waals surface area contributed by atoms with Crippen molar-refractivity contribution in [1.82, 2.24) is 0 Å². The third kappa shape index (κ3) is 2.44. The van der Waals surface area contributed by atoms with Crippen molar-refractivity contribution in [3.63, 3.8) is 0 Å². The van der Waals surface area contributed by atoms with Crippen molar-refractivity contribution >= 4 is 26.1 Å². The second-order valence-electron chi connectivity index (χ2n) is 5.00. The van der Waals surface area contributed by atoms with Crippen LogP contribution in [0.4, 0.5) is 14.5 Å². The van der Waals surface area contributed by atoms with Crippen molar-refractivity contribution < 1.29 is 13.6 Å². The molecule has 108 valence electrons. The van der Waals surface area contributed by atoms with Crippen LogP contribution in [0.5, 0.6) is 0 Å². The van der Waals surface area contributed by atoms with Gasteiger partial charge >= 0.3 is 0 Å². The minimum absolute atomic E-state index is 0.0278. The van der Waals surface area contributed by atoms with E-state index in [9.17, 15) is 13.6 Å². The van der Waals surface area contributed by atoms with E-state index in [0.717, 1.165) is 5.30 Å². The molecule has 1 saturated heterocycles. The molecule has 5 heteroatoms. The molecule has 3 rings (SSSR count). The summed E-state index contributed by atoms with van der Waals surface area (Å²) in [4.78, 5) is 13.0. The first-order chi connectivity index (χ1) is 10.1. The molecule has 2 aromatic rings. The van der Waals surface area contributed by atoms with Gasteiger partial charge in [0.05, 0.1) is 5.69 Å². The molecule has 1 aliphatic heterocycles. The fraction of sp³-hybridized carbons (Fsp3) is 0.188. The molecule has 0 saturated carbocycles. The Hall–Kier alpha value is -1.80. The van der Waals surface area contributed by atoms with E-state index in [-0.39, 0.29) is 17.2 Å². The number of amides is 1. The van der Waals surface area contributed by atoms with Crippen LogP contribution in [0.3, 0.4) is 0 Å². The van der Waals surface area contributed by atoms with E-state index in [2.05, 4.69) is 9.24 Å². The molecule has 1 fully saturated rings. The number of halogens is 2. The molecule has 0 bridgehead atoms. The molecule has 0 aliphatic carbocycles. The standard InChI is InChI=1S/C16H14F2NOP/c17-15-11(10-4-1-2-5-13(10)21)7-8-12(16(15)18)19-9-3-6-14(19)20/h1-2,4-5,7-8H,3,6,9,21H2. The summed E-state index contributed by atoms with van der Waals surface area (Å²) in [7, 11) is 2.51. The highest BCUT2D eigenvalue weighted by Crippen LogP contribution is 2.32. The molecule has 2 nitrogen and oxygen atoms in total. The van der Waals surface area contributed by atoms with Crippen LogP contribution >= 0.6 is 9.24 Å². The first-order valence-corrected chi connectivity index (χ1v) is 7.30. The summed E-state index contributed by atoms with van der Waals surface area (Å²) in [5.74, 6) is -2.04. The van der Waals surface area contributed by atoms with Crippen molar-refractivity contribution in [2.24, 2.45) is 0 Å². The molecule has 0 aromatic heterocycles. The van der Waals surface area contributed by atoms with E-state index >= 15 is 0 Å². The van der Waals surface area contributed by atoms with E-state index in [0.29, 0.717) is 24.9 Å².